The monoisotopic (exact) mass is 577 g/mol. The first kappa shape index (κ1) is 27.0. The Labute approximate surface area is 231 Å². The molecule has 1 aliphatic heterocycles. The van der Waals surface area contributed by atoms with Crippen molar-refractivity contribution in [3.8, 4) is 0 Å². The van der Waals surface area contributed by atoms with Crippen molar-refractivity contribution in [1.29, 1.82) is 0 Å². The van der Waals surface area contributed by atoms with Crippen molar-refractivity contribution in [3.63, 3.8) is 0 Å². The van der Waals surface area contributed by atoms with Gasteiger partial charge < -0.3 is 24.1 Å². The molecule has 0 unspecified atom stereocenters. The Kier molecular flexibility index (Phi) is 7.82. The van der Waals surface area contributed by atoms with Crippen LogP contribution < -0.4 is 10.3 Å². The fourth-order valence-corrected chi connectivity index (χ4v) is 5.60. The number of aromatic carboxylic acids is 1. The third-order valence-electron chi connectivity index (χ3n) is 6.68. The molecular weight excluding hydrogens is 553 g/mol. The summed E-state index contributed by atoms with van der Waals surface area (Å²) in [5.74, 6) is -2.58. The van der Waals surface area contributed by atoms with Crippen LogP contribution in [0, 0.1) is 5.82 Å². The number of nitrogens with zero attached hydrogens (tertiary/aromatic N) is 5. The van der Waals surface area contributed by atoms with Crippen LogP contribution in [-0.4, -0.2) is 83.6 Å². The molecule has 11 nitrogen and oxygen atoms in total. The van der Waals surface area contributed by atoms with E-state index in [-0.39, 0.29) is 28.7 Å². The zero-order valence-electron chi connectivity index (χ0n) is 20.9. The number of rotatable bonds is 9. The Balaban J connectivity index is 1.37. The number of carboxylic acids is 1. The van der Waals surface area contributed by atoms with Gasteiger partial charge in [0.1, 0.15) is 22.1 Å². The first-order valence-corrected chi connectivity index (χ1v) is 13.5. The SMILES string of the molecule is COC(=O)CO/N=C(\CN1CCN(c2c(F)cc3c(=O)c(C(=O)O)cn(C4CC4)c3c2Cl)CC1)c1nccs1. The molecule has 39 heavy (non-hydrogen) atoms. The van der Waals surface area contributed by atoms with Gasteiger partial charge in [-0.25, -0.2) is 19.0 Å². The molecule has 1 saturated carbocycles. The van der Waals surface area contributed by atoms with E-state index in [9.17, 15) is 19.5 Å². The van der Waals surface area contributed by atoms with E-state index in [2.05, 4.69) is 19.8 Å². The number of carbonyl (C=O) groups excluding carboxylic acids is 1. The van der Waals surface area contributed by atoms with Crippen molar-refractivity contribution in [2.24, 2.45) is 5.16 Å². The summed E-state index contributed by atoms with van der Waals surface area (Å²) in [5.41, 5.74) is -0.0562. The van der Waals surface area contributed by atoms with Gasteiger partial charge in [0.2, 0.25) is 12.0 Å². The first-order chi connectivity index (χ1) is 18.8. The van der Waals surface area contributed by atoms with Gasteiger partial charge in [-0.05, 0) is 18.9 Å². The van der Waals surface area contributed by atoms with E-state index in [0.29, 0.717) is 49.0 Å². The van der Waals surface area contributed by atoms with Crippen LogP contribution in [0.4, 0.5) is 10.1 Å². The van der Waals surface area contributed by atoms with Crippen molar-refractivity contribution >= 4 is 57.2 Å². The van der Waals surface area contributed by atoms with Crippen LogP contribution in [-0.2, 0) is 14.4 Å². The summed E-state index contributed by atoms with van der Waals surface area (Å²) >= 11 is 8.15. The van der Waals surface area contributed by atoms with Gasteiger partial charge in [-0.2, -0.15) is 0 Å². The number of benzene rings is 1. The Morgan fingerprint density at radius 2 is 2.03 bits per heavy atom. The van der Waals surface area contributed by atoms with Crippen LogP contribution >= 0.6 is 22.9 Å². The molecule has 0 amide bonds. The number of pyridine rings is 1. The van der Waals surface area contributed by atoms with E-state index < -0.39 is 28.7 Å². The number of thiazole rings is 1. The molecular formula is C25H25ClFN5O6S. The topological polar surface area (TPSA) is 127 Å². The summed E-state index contributed by atoms with van der Waals surface area (Å²) in [4.78, 5) is 49.2. The van der Waals surface area contributed by atoms with E-state index in [0.717, 1.165) is 18.9 Å². The number of hydrogen-bond acceptors (Lipinski definition) is 10. The number of carbonyl (C=O) groups is 2. The van der Waals surface area contributed by atoms with Gasteiger partial charge >= 0.3 is 11.9 Å². The molecule has 1 N–H and O–H groups in total. The van der Waals surface area contributed by atoms with E-state index in [1.807, 2.05) is 10.3 Å². The summed E-state index contributed by atoms with van der Waals surface area (Å²) in [7, 11) is 1.26. The average molecular weight is 578 g/mol. The summed E-state index contributed by atoms with van der Waals surface area (Å²) in [5, 5.41) is 16.1. The molecule has 2 aromatic heterocycles. The van der Waals surface area contributed by atoms with E-state index in [1.165, 1.54) is 24.6 Å². The van der Waals surface area contributed by atoms with Crippen LogP contribution in [0.3, 0.4) is 0 Å². The average Bonchev–Trinajstić information content (AvgIpc) is 3.62. The molecule has 0 spiro atoms. The standard InChI is InChI=1S/C25H25ClFN5O6S/c1-37-19(33)13-38-29-18(24-28-4-9-39-24)12-30-5-7-31(8-6-30)22-17(27)10-15-21(20(22)26)32(14-2-3-14)11-16(23(15)34)25(35)36/h4,9-11,14H,2-3,5-8,12-13H2,1H3,(H,35,36)/b29-18+. The first-order valence-electron chi connectivity index (χ1n) is 12.2. The van der Waals surface area contributed by atoms with Gasteiger partial charge in [-0.15, -0.1) is 11.3 Å². The summed E-state index contributed by atoms with van der Waals surface area (Å²) in [6, 6.07) is 1.12. The molecule has 0 bridgehead atoms. The third-order valence-corrected chi connectivity index (χ3v) is 7.86. The predicted molar refractivity (Wildman–Crippen MR) is 144 cm³/mol. The lowest BCUT2D eigenvalue weighted by Crippen LogP contribution is -2.48. The quantitative estimate of drug-likeness (QED) is 0.232. The smallest absolute Gasteiger partial charge is 0.346 e. The van der Waals surface area contributed by atoms with Crippen LogP contribution in [0.2, 0.25) is 5.02 Å². The summed E-state index contributed by atoms with van der Waals surface area (Å²) < 4.78 is 21.7. The van der Waals surface area contributed by atoms with Crippen LogP contribution in [0.5, 0.6) is 0 Å². The molecule has 3 aromatic rings. The zero-order valence-corrected chi connectivity index (χ0v) is 22.5. The molecule has 2 fully saturated rings. The summed E-state index contributed by atoms with van der Waals surface area (Å²) in [6.45, 7) is 2.05. The maximum absolute atomic E-state index is 15.4. The third kappa shape index (κ3) is 5.60. The highest BCUT2D eigenvalue weighted by molar-refractivity contribution is 7.11. The molecule has 14 heteroatoms. The summed E-state index contributed by atoms with van der Waals surface area (Å²) in [6.07, 6.45) is 4.62. The van der Waals surface area contributed by atoms with Crippen molar-refractivity contribution in [3.05, 3.63) is 55.5 Å². The number of halogens is 2. The number of hydrogen-bond donors (Lipinski definition) is 1. The molecule has 206 valence electrons. The van der Waals surface area contributed by atoms with Crippen molar-refractivity contribution < 1.29 is 28.7 Å². The fraction of sp³-hybridized carbons (Fsp3) is 0.400. The second kappa shape index (κ2) is 11.3. The maximum Gasteiger partial charge on any atom is 0.346 e. The largest absolute Gasteiger partial charge is 0.477 e. The minimum atomic E-state index is -1.36. The second-order valence-corrected chi connectivity index (χ2v) is 10.5. The lowest BCUT2D eigenvalue weighted by molar-refractivity contribution is -0.145. The molecule has 0 radical (unpaired) electrons. The molecule has 1 aliphatic carbocycles. The molecule has 3 heterocycles. The number of fused-ring (bicyclic) bond motifs is 1. The highest BCUT2D eigenvalue weighted by Gasteiger charge is 2.31. The Morgan fingerprint density at radius 1 is 1.28 bits per heavy atom. The Morgan fingerprint density at radius 3 is 2.64 bits per heavy atom. The molecule has 1 aromatic carbocycles. The highest BCUT2D eigenvalue weighted by atomic mass is 35.5. The number of carboxylic acid groups (broad SMARTS) is 1. The van der Waals surface area contributed by atoms with Crippen LogP contribution in [0.15, 0.2) is 33.8 Å². The number of oxime groups is 1. The van der Waals surface area contributed by atoms with Gasteiger partial charge in [-0.1, -0.05) is 16.8 Å². The lowest BCUT2D eigenvalue weighted by atomic mass is 10.1. The second-order valence-electron chi connectivity index (χ2n) is 9.22. The normalized spacial score (nSPS) is 16.5. The number of piperazine rings is 1. The Bertz CT molecular complexity index is 1500. The minimum Gasteiger partial charge on any atom is -0.477 e. The number of ether oxygens (including phenoxy) is 1. The number of methoxy groups -OCH3 is 1. The minimum absolute atomic E-state index is 0.0174. The number of anilines is 1. The van der Waals surface area contributed by atoms with Crippen LogP contribution in [0.25, 0.3) is 10.9 Å². The van der Waals surface area contributed by atoms with Crippen LogP contribution in [0.1, 0.15) is 34.2 Å². The van der Waals surface area contributed by atoms with Crippen molar-refractivity contribution in [2.45, 2.75) is 18.9 Å². The molecule has 5 rings (SSSR count). The van der Waals surface area contributed by atoms with E-state index in [4.69, 9.17) is 16.4 Å². The predicted octanol–water partition coefficient (Wildman–Crippen LogP) is 3.00. The maximum atomic E-state index is 15.4. The lowest BCUT2D eigenvalue weighted by Gasteiger charge is -2.36. The molecule has 0 atom stereocenters. The zero-order chi connectivity index (χ0) is 27.7. The van der Waals surface area contributed by atoms with Gasteiger partial charge in [0.05, 0.1) is 28.7 Å². The molecule has 2 aliphatic rings. The fourth-order valence-electron chi connectivity index (χ4n) is 4.58. The highest BCUT2D eigenvalue weighted by Crippen LogP contribution is 2.42. The number of aromatic nitrogens is 2. The van der Waals surface area contributed by atoms with Gasteiger partial charge in [0.25, 0.3) is 0 Å². The van der Waals surface area contributed by atoms with E-state index in [1.54, 1.807) is 10.8 Å². The Hall–Kier alpha value is -3.55. The van der Waals surface area contributed by atoms with Crippen molar-refractivity contribution in [1.82, 2.24) is 14.5 Å². The van der Waals surface area contributed by atoms with Gasteiger partial charge in [0.15, 0.2) is 0 Å². The molecule has 1 saturated heterocycles. The van der Waals surface area contributed by atoms with E-state index >= 15 is 4.39 Å². The van der Waals surface area contributed by atoms with Crippen molar-refractivity contribution in [2.75, 3.05) is 51.3 Å². The number of esters is 1. The van der Waals surface area contributed by atoms with Gasteiger partial charge in [0, 0.05) is 56.5 Å². The van der Waals surface area contributed by atoms with Gasteiger partial charge in [-0.3, -0.25) is 9.69 Å².